The van der Waals surface area contributed by atoms with Gasteiger partial charge in [-0.15, -0.1) is 0 Å². The van der Waals surface area contributed by atoms with Crippen LogP contribution in [0.2, 0.25) is 0 Å². The monoisotopic (exact) mass is 402 g/mol. The van der Waals surface area contributed by atoms with Crippen molar-refractivity contribution in [1.82, 2.24) is 0 Å². The van der Waals surface area contributed by atoms with Gasteiger partial charge in [0.05, 0.1) is 22.7 Å². The molecule has 21 heavy (non-hydrogen) atoms. The van der Waals surface area contributed by atoms with Gasteiger partial charge in [-0.25, -0.2) is 17.6 Å². The van der Waals surface area contributed by atoms with Gasteiger partial charge in [-0.05, 0) is 41.9 Å². The molecule has 0 aliphatic carbocycles. The number of hydrogen-bond acceptors (Lipinski definition) is 5. The van der Waals surface area contributed by atoms with E-state index < -0.39 is 25.7 Å². The number of carbonyl (C=O) groups is 1. The number of ether oxygens (including phenoxy) is 2. The fraction of sp³-hybridized carbons (Fsp3) is 0.417. The third-order valence-corrected chi connectivity index (χ3v) is 4.72. The van der Waals surface area contributed by atoms with Crippen LogP contribution in [0.1, 0.15) is 24.2 Å². The Morgan fingerprint density at radius 3 is 2.52 bits per heavy atom. The molecule has 0 bridgehead atoms. The molecule has 0 unspecified atom stereocenters. The molecular formula is C12H13BrClFO5S. The largest absolute Gasteiger partial charge is 0.460 e. The third kappa shape index (κ3) is 5.54. The van der Waals surface area contributed by atoms with E-state index in [0.717, 1.165) is 6.07 Å². The molecule has 1 aromatic rings. The zero-order valence-corrected chi connectivity index (χ0v) is 14.4. The van der Waals surface area contributed by atoms with Gasteiger partial charge in [0, 0.05) is 10.7 Å². The van der Waals surface area contributed by atoms with Gasteiger partial charge in [-0.3, -0.25) is 0 Å². The second kappa shape index (κ2) is 7.53. The van der Waals surface area contributed by atoms with Crippen LogP contribution in [-0.4, -0.2) is 33.7 Å². The summed E-state index contributed by atoms with van der Waals surface area (Å²) in [7, 11) is 0.982. The molecule has 0 amide bonds. The summed E-state index contributed by atoms with van der Waals surface area (Å²) in [5, 5.41) is 0. The fourth-order valence-electron chi connectivity index (χ4n) is 1.39. The maximum absolute atomic E-state index is 13.4. The maximum atomic E-state index is 13.4. The summed E-state index contributed by atoms with van der Waals surface area (Å²) in [6.45, 7) is 3.78. The van der Waals surface area contributed by atoms with Crippen LogP contribution in [0.4, 0.5) is 4.39 Å². The van der Waals surface area contributed by atoms with Crippen molar-refractivity contribution in [2.24, 2.45) is 0 Å². The highest BCUT2D eigenvalue weighted by Crippen LogP contribution is 2.30. The first-order chi connectivity index (χ1) is 9.62. The molecule has 0 heterocycles. The van der Waals surface area contributed by atoms with Crippen molar-refractivity contribution in [2.75, 3.05) is 13.2 Å². The number of halogens is 3. The van der Waals surface area contributed by atoms with Crippen LogP contribution in [0, 0.1) is 5.82 Å². The lowest BCUT2D eigenvalue weighted by atomic mass is 10.2. The van der Waals surface area contributed by atoms with Crippen molar-refractivity contribution in [3.63, 3.8) is 0 Å². The minimum atomic E-state index is -4.20. The topological polar surface area (TPSA) is 69.7 Å². The van der Waals surface area contributed by atoms with Crippen molar-refractivity contribution >= 4 is 41.6 Å². The highest BCUT2D eigenvalue weighted by molar-refractivity contribution is 9.10. The van der Waals surface area contributed by atoms with Gasteiger partial charge in [-0.2, -0.15) is 0 Å². The quantitative estimate of drug-likeness (QED) is 0.415. The summed E-state index contributed by atoms with van der Waals surface area (Å²) >= 11 is 2.92. The van der Waals surface area contributed by atoms with E-state index in [2.05, 4.69) is 15.9 Å². The van der Waals surface area contributed by atoms with Crippen molar-refractivity contribution in [3.8, 4) is 0 Å². The van der Waals surface area contributed by atoms with Crippen molar-refractivity contribution in [1.29, 1.82) is 0 Å². The number of rotatable bonds is 6. The van der Waals surface area contributed by atoms with Crippen molar-refractivity contribution in [3.05, 3.63) is 28.0 Å². The van der Waals surface area contributed by atoms with Crippen LogP contribution in [0.25, 0.3) is 0 Å². The highest BCUT2D eigenvalue weighted by atomic mass is 79.9. The molecule has 1 rings (SSSR count). The molecule has 0 N–H and O–H groups in total. The predicted octanol–water partition coefficient (Wildman–Crippen LogP) is 3.10. The first kappa shape index (κ1) is 18.3. The van der Waals surface area contributed by atoms with E-state index in [0.29, 0.717) is 6.07 Å². The summed E-state index contributed by atoms with van der Waals surface area (Å²) in [5.74, 6) is -1.79. The SMILES string of the molecule is CC(C)OCCOC(=O)c1cc(F)cc(S(=O)(=O)Cl)c1Br. The van der Waals surface area contributed by atoms with Crippen LogP contribution in [0.15, 0.2) is 21.5 Å². The van der Waals surface area contributed by atoms with Crippen molar-refractivity contribution in [2.45, 2.75) is 24.8 Å². The Hall–Kier alpha value is -0.700. The predicted molar refractivity (Wildman–Crippen MR) is 78.5 cm³/mol. The first-order valence-electron chi connectivity index (χ1n) is 5.85. The van der Waals surface area contributed by atoms with E-state index in [9.17, 15) is 17.6 Å². The maximum Gasteiger partial charge on any atom is 0.339 e. The summed E-state index contributed by atoms with van der Waals surface area (Å²) < 4.78 is 46.0. The second-order valence-electron chi connectivity index (χ2n) is 4.26. The van der Waals surface area contributed by atoms with Gasteiger partial charge < -0.3 is 9.47 Å². The standard InChI is InChI=1S/C12H13BrClFO5S/c1-7(2)19-3-4-20-12(16)9-5-8(15)6-10(11(9)13)21(14,17)18/h5-7H,3-4H2,1-2H3. The average Bonchev–Trinajstić information content (AvgIpc) is 2.35. The van der Waals surface area contributed by atoms with Gasteiger partial charge in [0.25, 0.3) is 9.05 Å². The Kier molecular flexibility index (Phi) is 6.58. The molecule has 0 saturated carbocycles. The molecule has 0 saturated heterocycles. The van der Waals surface area contributed by atoms with E-state index in [4.69, 9.17) is 20.2 Å². The van der Waals surface area contributed by atoms with Gasteiger partial charge in [0.2, 0.25) is 0 Å². The minimum absolute atomic E-state index is 0.0161. The Balaban J connectivity index is 2.93. The molecule has 9 heteroatoms. The molecule has 0 fully saturated rings. The summed E-state index contributed by atoms with van der Waals surface area (Å²) in [4.78, 5) is 11.3. The van der Waals surface area contributed by atoms with Crippen LogP contribution in [0.3, 0.4) is 0 Å². The summed E-state index contributed by atoms with van der Waals surface area (Å²) in [6, 6.07) is 1.58. The summed E-state index contributed by atoms with van der Waals surface area (Å²) in [5.41, 5.74) is -0.265. The van der Waals surface area contributed by atoms with Gasteiger partial charge >= 0.3 is 5.97 Å². The Morgan fingerprint density at radius 1 is 1.38 bits per heavy atom. The van der Waals surface area contributed by atoms with E-state index in [1.54, 1.807) is 0 Å². The summed E-state index contributed by atoms with van der Waals surface area (Å²) in [6.07, 6.45) is -0.0161. The van der Waals surface area contributed by atoms with Crippen LogP contribution in [0.5, 0.6) is 0 Å². The Morgan fingerprint density at radius 2 is 2.00 bits per heavy atom. The Labute approximate surface area is 134 Å². The molecule has 0 spiro atoms. The molecule has 0 atom stereocenters. The normalized spacial score (nSPS) is 11.7. The molecule has 118 valence electrons. The first-order valence-corrected chi connectivity index (χ1v) is 8.95. The molecular weight excluding hydrogens is 391 g/mol. The van der Waals surface area contributed by atoms with E-state index >= 15 is 0 Å². The van der Waals surface area contributed by atoms with Crippen LogP contribution >= 0.6 is 26.6 Å². The fourth-order valence-corrected chi connectivity index (χ4v) is 3.64. The lowest BCUT2D eigenvalue weighted by molar-refractivity contribution is 0.0175. The van der Waals surface area contributed by atoms with E-state index in [1.807, 2.05) is 13.8 Å². The molecule has 0 aliphatic heterocycles. The molecule has 0 radical (unpaired) electrons. The van der Waals surface area contributed by atoms with Crippen LogP contribution in [-0.2, 0) is 18.5 Å². The average molecular weight is 404 g/mol. The smallest absolute Gasteiger partial charge is 0.339 e. The molecule has 1 aromatic carbocycles. The number of esters is 1. The second-order valence-corrected chi connectivity index (χ2v) is 7.59. The highest BCUT2D eigenvalue weighted by Gasteiger charge is 2.23. The van der Waals surface area contributed by atoms with Gasteiger partial charge in [-0.1, -0.05) is 0 Å². The zero-order valence-electron chi connectivity index (χ0n) is 11.2. The lowest BCUT2D eigenvalue weighted by Crippen LogP contribution is -2.14. The molecule has 0 aromatic heterocycles. The van der Waals surface area contributed by atoms with Crippen molar-refractivity contribution < 1.29 is 27.1 Å². The third-order valence-electron chi connectivity index (χ3n) is 2.25. The van der Waals surface area contributed by atoms with E-state index in [1.165, 1.54) is 0 Å². The van der Waals surface area contributed by atoms with Gasteiger partial charge in [0.1, 0.15) is 17.3 Å². The molecule has 0 aliphatic rings. The number of carbonyl (C=O) groups excluding carboxylic acids is 1. The zero-order chi connectivity index (χ0) is 16.2. The van der Waals surface area contributed by atoms with Gasteiger partial charge in [0.15, 0.2) is 0 Å². The lowest BCUT2D eigenvalue weighted by Gasteiger charge is -2.10. The number of hydrogen-bond donors (Lipinski definition) is 0. The van der Waals surface area contributed by atoms with Crippen LogP contribution < -0.4 is 0 Å². The number of benzene rings is 1. The van der Waals surface area contributed by atoms with E-state index in [-0.39, 0.29) is 29.4 Å². The minimum Gasteiger partial charge on any atom is -0.460 e. The Bertz CT molecular complexity index is 633. The molecule has 5 nitrogen and oxygen atoms in total.